The summed E-state index contributed by atoms with van der Waals surface area (Å²) < 4.78 is 43.7. The van der Waals surface area contributed by atoms with Gasteiger partial charge in [-0.3, -0.25) is 0 Å². The van der Waals surface area contributed by atoms with Gasteiger partial charge in [-0.1, -0.05) is 0 Å². The van der Waals surface area contributed by atoms with E-state index in [1.807, 2.05) is 0 Å². The van der Waals surface area contributed by atoms with Crippen LogP contribution in [0.15, 0.2) is 34.3 Å². The summed E-state index contributed by atoms with van der Waals surface area (Å²) in [7, 11) is 0. The van der Waals surface area contributed by atoms with Crippen molar-refractivity contribution in [3.05, 3.63) is 63.7 Å². The van der Waals surface area contributed by atoms with E-state index < -0.39 is 35.2 Å². The molecule has 2 amide bonds. The summed E-state index contributed by atoms with van der Waals surface area (Å²) in [5.41, 5.74) is -0.239. The predicted molar refractivity (Wildman–Crippen MR) is 120 cm³/mol. The molecule has 0 spiro atoms. The standard InChI is InChI=1S/C21H22F3N9O2/c1-3-31-21(35)32(12(2)30-31)18-16(24)11-27-19(29-18)25-6-7-26-20(34)33-17(4-5-28-33)13-8-14(22)10-15(23)9-13/h5,8-11,17H,3-4,6-7H2,1-2H3,(H,26,34)(H,25,27,29)/t17-/m0/s1. The molecule has 1 aliphatic heterocycles. The van der Waals surface area contributed by atoms with Crippen molar-refractivity contribution in [3.8, 4) is 5.82 Å². The molecule has 0 unspecified atom stereocenters. The molecular formula is C21H22F3N9O2. The van der Waals surface area contributed by atoms with Crippen LogP contribution in [0.3, 0.4) is 0 Å². The topological polar surface area (TPSA) is 122 Å². The van der Waals surface area contributed by atoms with Crippen LogP contribution < -0.4 is 16.3 Å². The second-order valence-corrected chi connectivity index (χ2v) is 7.60. The lowest BCUT2D eigenvalue weighted by Gasteiger charge is -2.22. The fourth-order valence-electron chi connectivity index (χ4n) is 3.64. The molecule has 1 aromatic carbocycles. The number of urea groups is 1. The highest BCUT2D eigenvalue weighted by Crippen LogP contribution is 2.29. The zero-order chi connectivity index (χ0) is 25.1. The third-order valence-electron chi connectivity index (χ3n) is 5.23. The fraction of sp³-hybridized carbons (Fsp3) is 0.333. The second-order valence-electron chi connectivity index (χ2n) is 7.60. The Hall–Kier alpha value is -4.23. The van der Waals surface area contributed by atoms with Gasteiger partial charge < -0.3 is 10.6 Å². The Morgan fingerprint density at radius 3 is 2.60 bits per heavy atom. The molecule has 0 aliphatic carbocycles. The first kappa shape index (κ1) is 23.9. The molecule has 1 aliphatic rings. The summed E-state index contributed by atoms with van der Waals surface area (Å²) in [5.74, 6) is -2.21. The smallest absolute Gasteiger partial charge is 0.351 e. The molecule has 35 heavy (non-hydrogen) atoms. The molecule has 0 bridgehead atoms. The Balaban J connectivity index is 1.37. The van der Waals surface area contributed by atoms with E-state index >= 15 is 0 Å². The highest BCUT2D eigenvalue weighted by Gasteiger charge is 2.28. The van der Waals surface area contributed by atoms with Crippen molar-refractivity contribution >= 4 is 18.2 Å². The van der Waals surface area contributed by atoms with Crippen molar-refractivity contribution in [3.63, 3.8) is 0 Å². The van der Waals surface area contributed by atoms with Crippen molar-refractivity contribution < 1.29 is 18.0 Å². The molecule has 11 nitrogen and oxygen atoms in total. The number of benzene rings is 1. The maximum atomic E-state index is 14.3. The molecule has 3 heterocycles. The highest BCUT2D eigenvalue weighted by molar-refractivity contribution is 5.78. The summed E-state index contributed by atoms with van der Waals surface area (Å²) in [5, 5.41) is 14.6. The largest absolute Gasteiger partial charge is 0.352 e. The number of hydrazone groups is 1. The Kier molecular flexibility index (Phi) is 6.80. The van der Waals surface area contributed by atoms with Gasteiger partial charge >= 0.3 is 11.7 Å². The van der Waals surface area contributed by atoms with Crippen molar-refractivity contribution in [2.45, 2.75) is 32.9 Å². The van der Waals surface area contributed by atoms with E-state index in [2.05, 4.69) is 30.8 Å². The van der Waals surface area contributed by atoms with Gasteiger partial charge in [-0.25, -0.2) is 42.0 Å². The third kappa shape index (κ3) is 5.00. The number of aryl methyl sites for hydroxylation is 2. The molecule has 0 radical (unpaired) electrons. The van der Waals surface area contributed by atoms with Gasteiger partial charge in [0.1, 0.15) is 17.5 Å². The van der Waals surface area contributed by atoms with Gasteiger partial charge in [0.2, 0.25) is 5.95 Å². The number of aromatic nitrogens is 5. The van der Waals surface area contributed by atoms with Crippen LogP contribution >= 0.6 is 0 Å². The maximum absolute atomic E-state index is 14.3. The van der Waals surface area contributed by atoms with Gasteiger partial charge in [-0.15, -0.1) is 0 Å². The predicted octanol–water partition coefficient (Wildman–Crippen LogP) is 2.12. The maximum Gasteiger partial charge on any atom is 0.351 e. The number of rotatable bonds is 7. The lowest BCUT2D eigenvalue weighted by Crippen LogP contribution is -2.39. The lowest BCUT2D eigenvalue weighted by molar-refractivity contribution is 0.186. The average molecular weight is 489 g/mol. The molecule has 14 heteroatoms. The van der Waals surface area contributed by atoms with Crippen molar-refractivity contribution in [1.29, 1.82) is 0 Å². The molecule has 2 aromatic heterocycles. The number of nitrogens with one attached hydrogen (secondary N) is 2. The van der Waals surface area contributed by atoms with E-state index in [0.717, 1.165) is 34.0 Å². The molecule has 1 atom stereocenters. The van der Waals surface area contributed by atoms with Crippen LogP contribution in [0.25, 0.3) is 5.82 Å². The molecule has 2 N–H and O–H groups in total. The second kappa shape index (κ2) is 9.95. The number of hydrogen-bond acceptors (Lipinski definition) is 7. The van der Waals surface area contributed by atoms with Crippen molar-refractivity contribution in [2.75, 3.05) is 18.4 Å². The Morgan fingerprint density at radius 2 is 1.91 bits per heavy atom. The SMILES string of the molecule is CCn1nc(C)n(-c2nc(NCCNC(=O)N3N=CC[C@H]3c3cc(F)cc(F)c3)ncc2F)c1=O. The number of anilines is 1. The molecule has 0 saturated heterocycles. The summed E-state index contributed by atoms with van der Waals surface area (Å²) >= 11 is 0. The number of carbonyl (C=O) groups excluding carboxylic acids is 1. The number of hydrogen-bond donors (Lipinski definition) is 2. The molecule has 0 saturated carbocycles. The molecule has 3 aromatic rings. The van der Waals surface area contributed by atoms with Gasteiger partial charge in [0.15, 0.2) is 11.6 Å². The van der Waals surface area contributed by atoms with E-state index in [0.29, 0.717) is 13.0 Å². The van der Waals surface area contributed by atoms with E-state index in [4.69, 9.17) is 0 Å². The van der Waals surface area contributed by atoms with Crippen LogP contribution in [0.1, 0.15) is 30.8 Å². The average Bonchev–Trinajstić information content (AvgIpc) is 3.41. The van der Waals surface area contributed by atoms with Crippen molar-refractivity contribution in [2.24, 2.45) is 5.10 Å². The lowest BCUT2D eigenvalue weighted by atomic mass is 10.0. The number of halogens is 3. The van der Waals surface area contributed by atoms with Crippen LogP contribution in [0, 0.1) is 24.4 Å². The molecule has 184 valence electrons. The van der Waals surface area contributed by atoms with Crippen LogP contribution in [0.2, 0.25) is 0 Å². The Labute approximate surface area is 197 Å². The normalized spacial score (nSPS) is 15.0. The van der Waals surface area contributed by atoms with Crippen LogP contribution in [0.5, 0.6) is 0 Å². The van der Waals surface area contributed by atoms with E-state index in [9.17, 15) is 22.8 Å². The van der Waals surface area contributed by atoms with Crippen LogP contribution in [-0.4, -0.2) is 54.7 Å². The molecule has 4 rings (SSSR count). The number of carbonyl (C=O) groups is 1. The van der Waals surface area contributed by atoms with Gasteiger partial charge in [0.25, 0.3) is 0 Å². The summed E-state index contributed by atoms with van der Waals surface area (Å²) in [6.45, 7) is 3.89. The summed E-state index contributed by atoms with van der Waals surface area (Å²) in [4.78, 5) is 32.9. The monoisotopic (exact) mass is 489 g/mol. The number of nitrogens with zero attached hydrogens (tertiary/aromatic N) is 7. The van der Waals surface area contributed by atoms with Gasteiger partial charge in [0, 0.05) is 38.3 Å². The Morgan fingerprint density at radius 1 is 1.17 bits per heavy atom. The first-order chi connectivity index (χ1) is 16.8. The minimum atomic E-state index is -0.795. The van der Waals surface area contributed by atoms with Gasteiger partial charge in [-0.2, -0.15) is 15.2 Å². The Bertz CT molecular complexity index is 1320. The van der Waals surface area contributed by atoms with Gasteiger partial charge in [-0.05, 0) is 31.5 Å². The van der Waals surface area contributed by atoms with E-state index in [1.54, 1.807) is 13.8 Å². The minimum absolute atomic E-state index is 0.0403. The molecule has 0 fully saturated rings. The quantitative estimate of drug-likeness (QED) is 0.491. The first-order valence-electron chi connectivity index (χ1n) is 10.8. The van der Waals surface area contributed by atoms with Crippen molar-refractivity contribution in [1.82, 2.24) is 34.6 Å². The zero-order valence-electron chi connectivity index (χ0n) is 18.9. The van der Waals surface area contributed by atoms with Crippen LogP contribution in [-0.2, 0) is 6.54 Å². The first-order valence-corrected chi connectivity index (χ1v) is 10.8. The van der Waals surface area contributed by atoms with E-state index in [-0.39, 0.29) is 36.2 Å². The highest BCUT2D eigenvalue weighted by atomic mass is 19.1. The number of amides is 2. The minimum Gasteiger partial charge on any atom is -0.352 e. The van der Waals surface area contributed by atoms with E-state index in [1.165, 1.54) is 10.9 Å². The molecular weight excluding hydrogens is 467 g/mol. The summed E-state index contributed by atoms with van der Waals surface area (Å²) in [6, 6.07) is 1.87. The third-order valence-corrected chi connectivity index (χ3v) is 5.23. The van der Waals surface area contributed by atoms with Crippen LogP contribution in [0.4, 0.5) is 23.9 Å². The fourth-order valence-corrected chi connectivity index (χ4v) is 3.64. The van der Waals surface area contributed by atoms with Gasteiger partial charge in [0.05, 0.1) is 12.2 Å². The zero-order valence-corrected chi connectivity index (χ0v) is 18.9. The summed E-state index contributed by atoms with van der Waals surface area (Å²) in [6.07, 6.45) is 2.73.